The standard InChI is InChI=1S/C19H19NO3/c21-18(14-7-2-1-3-8-14)16-10-4-5-11-17(16)19(22)20-13-15-9-6-12-23-15/h1-5,7-8,10-11,15H,6,9,12-13H2,(H,20,22)/t15-/m0/s1. The molecule has 0 bridgehead atoms. The average Bonchev–Trinajstić information content (AvgIpc) is 3.13. The average molecular weight is 309 g/mol. The largest absolute Gasteiger partial charge is 0.376 e. The minimum absolute atomic E-state index is 0.0796. The van der Waals surface area contributed by atoms with E-state index in [1.54, 1.807) is 36.4 Å². The fourth-order valence-corrected chi connectivity index (χ4v) is 2.73. The summed E-state index contributed by atoms with van der Waals surface area (Å²) in [7, 11) is 0. The molecule has 0 aliphatic carbocycles. The van der Waals surface area contributed by atoms with Crippen molar-refractivity contribution in [2.75, 3.05) is 13.2 Å². The molecule has 1 aliphatic heterocycles. The molecule has 0 saturated carbocycles. The van der Waals surface area contributed by atoms with Crippen molar-refractivity contribution in [3.63, 3.8) is 0 Å². The second-order valence-corrected chi connectivity index (χ2v) is 5.59. The van der Waals surface area contributed by atoms with Crippen LogP contribution in [-0.4, -0.2) is 30.9 Å². The third kappa shape index (κ3) is 3.66. The molecule has 0 aromatic heterocycles. The smallest absolute Gasteiger partial charge is 0.252 e. The zero-order chi connectivity index (χ0) is 16.1. The van der Waals surface area contributed by atoms with Crippen molar-refractivity contribution >= 4 is 11.7 Å². The first-order chi connectivity index (χ1) is 11.3. The Morgan fingerprint density at radius 2 is 1.70 bits per heavy atom. The van der Waals surface area contributed by atoms with E-state index in [0.29, 0.717) is 23.2 Å². The third-order valence-electron chi connectivity index (χ3n) is 3.97. The van der Waals surface area contributed by atoms with E-state index < -0.39 is 0 Å². The molecule has 1 aliphatic rings. The fraction of sp³-hybridized carbons (Fsp3) is 0.263. The molecular weight excluding hydrogens is 290 g/mol. The van der Waals surface area contributed by atoms with Gasteiger partial charge in [0.05, 0.1) is 11.7 Å². The van der Waals surface area contributed by atoms with Crippen LogP contribution in [-0.2, 0) is 4.74 Å². The molecule has 0 unspecified atom stereocenters. The van der Waals surface area contributed by atoms with Crippen LogP contribution < -0.4 is 5.32 Å². The predicted molar refractivity (Wildman–Crippen MR) is 87.6 cm³/mol. The Balaban J connectivity index is 1.77. The van der Waals surface area contributed by atoms with Gasteiger partial charge in [-0.25, -0.2) is 0 Å². The van der Waals surface area contributed by atoms with Crippen molar-refractivity contribution in [3.8, 4) is 0 Å². The first kappa shape index (κ1) is 15.4. The van der Waals surface area contributed by atoms with Crippen molar-refractivity contribution in [1.29, 1.82) is 0 Å². The molecule has 3 rings (SSSR count). The molecule has 2 aromatic carbocycles. The zero-order valence-electron chi connectivity index (χ0n) is 12.8. The highest BCUT2D eigenvalue weighted by atomic mass is 16.5. The lowest BCUT2D eigenvalue weighted by atomic mass is 9.98. The van der Waals surface area contributed by atoms with Gasteiger partial charge in [0, 0.05) is 24.3 Å². The highest BCUT2D eigenvalue weighted by Crippen LogP contribution is 2.15. The van der Waals surface area contributed by atoms with Crippen molar-refractivity contribution in [3.05, 3.63) is 71.3 Å². The molecule has 118 valence electrons. The van der Waals surface area contributed by atoms with E-state index in [1.807, 2.05) is 18.2 Å². The Kier molecular flexibility index (Phi) is 4.83. The topological polar surface area (TPSA) is 55.4 Å². The summed E-state index contributed by atoms with van der Waals surface area (Å²) in [5, 5.41) is 2.87. The number of amides is 1. The van der Waals surface area contributed by atoms with Crippen LogP contribution in [0.25, 0.3) is 0 Å². The van der Waals surface area contributed by atoms with Crippen LogP contribution in [0.1, 0.15) is 39.1 Å². The maximum atomic E-state index is 12.6. The van der Waals surface area contributed by atoms with Gasteiger partial charge in [-0.2, -0.15) is 0 Å². The number of carbonyl (C=O) groups excluding carboxylic acids is 2. The van der Waals surface area contributed by atoms with Crippen molar-refractivity contribution in [2.24, 2.45) is 0 Å². The number of ketones is 1. The van der Waals surface area contributed by atoms with Crippen molar-refractivity contribution in [1.82, 2.24) is 5.32 Å². The second-order valence-electron chi connectivity index (χ2n) is 5.59. The molecule has 0 radical (unpaired) electrons. The highest BCUT2D eigenvalue weighted by Gasteiger charge is 2.20. The van der Waals surface area contributed by atoms with Crippen LogP contribution in [0, 0.1) is 0 Å². The number of carbonyl (C=O) groups is 2. The van der Waals surface area contributed by atoms with Crippen molar-refractivity contribution in [2.45, 2.75) is 18.9 Å². The lowest BCUT2D eigenvalue weighted by Crippen LogP contribution is -2.32. The molecule has 1 amide bonds. The Morgan fingerprint density at radius 1 is 1.00 bits per heavy atom. The number of hydrogen-bond donors (Lipinski definition) is 1. The van der Waals surface area contributed by atoms with E-state index in [4.69, 9.17) is 4.74 Å². The van der Waals surface area contributed by atoms with Gasteiger partial charge in [-0.15, -0.1) is 0 Å². The molecule has 1 N–H and O–H groups in total. The summed E-state index contributed by atoms with van der Waals surface area (Å²) in [5.41, 5.74) is 1.40. The number of rotatable bonds is 5. The van der Waals surface area contributed by atoms with E-state index in [9.17, 15) is 9.59 Å². The number of ether oxygens (including phenoxy) is 1. The maximum Gasteiger partial charge on any atom is 0.252 e. The summed E-state index contributed by atoms with van der Waals surface area (Å²) in [6, 6.07) is 15.9. The van der Waals surface area contributed by atoms with Crippen molar-refractivity contribution < 1.29 is 14.3 Å². The van der Waals surface area contributed by atoms with Crippen LogP contribution in [0.4, 0.5) is 0 Å². The normalized spacial score (nSPS) is 17.0. The van der Waals surface area contributed by atoms with Gasteiger partial charge < -0.3 is 10.1 Å². The molecular formula is C19H19NO3. The summed E-state index contributed by atoms with van der Waals surface area (Å²) in [6.07, 6.45) is 2.07. The van der Waals surface area contributed by atoms with E-state index in [2.05, 4.69) is 5.32 Å². The molecule has 1 atom stereocenters. The van der Waals surface area contributed by atoms with Crippen LogP contribution in [0.2, 0.25) is 0 Å². The van der Waals surface area contributed by atoms with E-state index >= 15 is 0 Å². The Morgan fingerprint density at radius 3 is 2.39 bits per heavy atom. The van der Waals surface area contributed by atoms with Crippen LogP contribution in [0.3, 0.4) is 0 Å². The Labute approximate surface area is 135 Å². The van der Waals surface area contributed by atoms with Crippen LogP contribution >= 0.6 is 0 Å². The first-order valence-electron chi connectivity index (χ1n) is 7.84. The maximum absolute atomic E-state index is 12.6. The molecule has 23 heavy (non-hydrogen) atoms. The highest BCUT2D eigenvalue weighted by molar-refractivity contribution is 6.15. The fourth-order valence-electron chi connectivity index (χ4n) is 2.73. The zero-order valence-corrected chi connectivity index (χ0v) is 12.8. The number of benzene rings is 2. The molecule has 1 heterocycles. The van der Waals surface area contributed by atoms with Gasteiger partial charge in [0.1, 0.15) is 0 Å². The van der Waals surface area contributed by atoms with Gasteiger partial charge in [0.25, 0.3) is 5.91 Å². The molecule has 4 nitrogen and oxygen atoms in total. The Hall–Kier alpha value is -2.46. The summed E-state index contributed by atoms with van der Waals surface area (Å²) in [6.45, 7) is 1.23. The second kappa shape index (κ2) is 7.20. The number of nitrogens with one attached hydrogen (secondary N) is 1. The molecule has 0 spiro atoms. The Bertz CT molecular complexity index is 691. The monoisotopic (exact) mass is 309 g/mol. The van der Waals surface area contributed by atoms with E-state index in [1.165, 1.54) is 0 Å². The summed E-state index contributed by atoms with van der Waals surface area (Å²) >= 11 is 0. The van der Waals surface area contributed by atoms with Gasteiger partial charge in [0.2, 0.25) is 0 Å². The lowest BCUT2D eigenvalue weighted by Gasteiger charge is -2.12. The van der Waals surface area contributed by atoms with Gasteiger partial charge in [-0.1, -0.05) is 48.5 Å². The quantitative estimate of drug-likeness (QED) is 0.864. The summed E-state index contributed by atoms with van der Waals surface area (Å²) in [4.78, 5) is 25.1. The number of hydrogen-bond acceptors (Lipinski definition) is 3. The van der Waals surface area contributed by atoms with Crippen LogP contribution in [0.5, 0.6) is 0 Å². The SMILES string of the molecule is O=C(NC[C@@H]1CCCO1)c1ccccc1C(=O)c1ccccc1. The molecule has 2 aromatic rings. The van der Waals surface area contributed by atoms with Gasteiger partial charge in [-0.05, 0) is 18.9 Å². The minimum Gasteiger partial charge on any atom is -0.376 e. The molecule has 4 heteroatoms. The van der Waals surface area contributed by atoms with Gasteiger partial charge in [-0.3, -0.25) is 9.59 Å². The van der Waals surface area contributed by atoms with E-state index in [-0.39, 0.29) is 17.8 Å². The van der Waals surface area contributed by atoms with Gasteiger partial charge in [0.15, 0.2) is 5.78 Å². The predicted octanol–water partition coefficient (Wildman–Crippen LogP) is 2.83. The molecule has 1 saturated heterocycles. The molecule has 1 fully saturated rings. The summed E-state index contributed by atoms with van der Waals surface area (Å²) in [5.74, 6) is -0.381. The van der Waals surface area contributed by atoms with Gasteiger partial charge >= 0.3 is 0 Å². The lowest BCUT2D eigenvalue weighted by molar-refractivity contribution is 0.0853. The minimum atomic E-state index is -0.236. The van der Waals surface area contributed by atoms with E-state index in [0.717, 1.165) is 19.4 Å². The first-order valence-corrected chi connectivity index (χ1v) is 7.84. The summed E-state index contributed by atoms with van der Waals surface area (Å²) < 4.78 is 5.50. The third-order valence-corrected chi connectivity index (χ3v) is 3.97. The van der Waals surface area contributed by atoms with Crippen LogP contribution in [0.15, 0.2) is 54.6 Å².